The highest BCUT2D eigenvalue weighted by Crippen LogP contribution is 2.36. The Morgan fingerprint density at radius 2 is 0.783 bits per heavy atom. The summed E-state index contributed by atoms with van der Waals surface area (Å²) in [6.45, 7) is 3.18. The highest BCUT2D eigenvalue weighted by atomic mass is 16.6. The monoisotopic (exact) mass is 624 g/mol. The molecule has 7 heteroatoms. The molecule has 0 unspecified atom stereocenters. The van der Waals surface area contributed by atoms with Crippen LogP contribution in [0.25, 0.3) is 0 Å². The predicted molar refractivity (Wildman–Crippen MR) is 176 cm³/mol. The van der Waals surface area contributed by atoms with Gasteiger partial charge in [-0.05, 0) is 28.7 Å². The van der Waals surface area contributed by atoms with E-state index in [-0.39, 0.29) is 19.0 Å². The number of hydrogen-bond donors (Lipinski definition) is 0. The average Bonchev–Trinajstić information content (AvgIpc) is 3.10. The molecule has 242 valence electrons. The van der Waals surface area contributed by atoms with Crippen LogP contribution in [0.5, 0.6) is 0 Å². The zero-order chi connectivity index (χ0) is 32.0. The van der Waals surface area contributed by atoms with Crippen molar-refractivity contribution in [3.63, 3.8) is 0 Å². The fourth-order valence-corrected chi connectivity index (χ4v) is 5.76. The standard InChI is InChI=1S/C39H44O7/c1-3-16-33(40)46-39-34(41-2)35(42-25-29-17-8-4-9-18-29)36(43-26-30-19-10-5-11-20-30)37(44-27-31-21-12-6-13-22-31)38(39)45-28-32-23-14-7-15-24-32/h4-15,17-24,34-39H,3,16,25-28H2,1-2H3/t34-,35-,36+,37-,38+,39-/m1/s1. The molecular weight excluding hydrogens is 580 g/mol. The zero-order valence-electron chi connectivity index (χ0n) is 26.6. The number of rotatable bonds is 16. The predicted octanol–water partition coefficient (Wildman–Crippen LogP) is 7.07. The van der Waals surface area contributed by atoms with Crippen LogP contribution >= 0.6 is 0 Å². The van der Waals surface area contributed by atoms with Gasteiger partial charge in [-0.25, -0.2) is 0 Å². The van der Waals surface area contributed by atoms with Gasteiger partial charge in [0.1, 0.15) is 30.5 Å². The SMILES string of the molecule is CCCC(=O)O[C@@H]1[C@H](OC)[C@@H](OCc2ccccc2)[C@H](OCc2ccccc2)[C@@H](OCc2ccccc2)[C@@H]1OCc1ccccc1. The van der Waals surface area contributed by atoms with E-state index in [9.17, 15) is 4.79 Å². The Bertz CT molecular complexity index is 1420. The largest absolute Gasteiger partial charge is 0.457 e. The molecule has 0 heterocycles. The molecular formula is C39H44O7. The molecule has 4 aromatic carbocycles. The average molecular weight is 625 g/mol. The van der Waals surface area contributed by atoms with Gasteiger partial charge >= 0.3 is 5.97 Å². The molecule has 0 spiro atoms. The Morgan fingerprint density at radius 1 is 0.478 bits per heavy atom. The van der Waals surface area contributed by atoms with E-state index in [2.05, 4.69) is 0 Å². The molecule has 0 radical (unpaired) electrons. The molecule has 1 aliphatic rings. The highest BCUT2D eigenvalue weighted by Gasteiger charge is 2.55. The van der Waals surface area contributed by atoms with E-state index in [1.165, 1.54) is 0 Å². The Hall–Kier alpha value is -3.85. The van der Waals surface area contributed by atoms with E-state index in [0.29, 0.717) is 26.2 Å². The summed E-state index contributed by atoms with van der Waals surface area (Å²) in [6.07, 6.45) is -3.23. The summed E-state index contributed by atoms with van der Waals surface area (Å²) in [4.78, 5) is 13.1. The molecule has 0 bridgehead atoms. The molecule has 0 N–H and O–H groups in total. The first-order valence-electron chi connectivity index (χ1n) is 16.0. The minimum atomic E-state index is -0.814. The van der Waals surface area contributed by atoms with Gasteiger partial charge in [-0.3, -0.25) is 4.79 Å². The van der Waals surface area contributed by atoms with E-state index in [4.69, 9.17) is 28.4 Å². The molecule has 1 saturated carbocycles. The summed E-state index contributed by atoms with van der Waals surface area (Å²) in [7, 11) is 1.61. The normalized spacial score (nSPS) is 22.7. The number of ether oxygens (including phenoxy) is 6. The summed E-state index contributed by atoms with van der Waals surface area (Å²) >= 11 is 0. The van der Waals surface area contributed by atoms with Crippen molar-refractivity contribution in [2.75, 3.05) is 7.11 Å². The lowest BCUT2D eigenvalue weighted by molar-refractivity contribution is -0.281. The van der Waals surface area contributed by atoms with Crippen molar-refractivity contribution in [2.24, 2.45) is 0 Å². The number of esters is 1. The summed E-state index contributed by atoms with van der Waals surface area (Å²) in [5.74, 6) is -0.324. The second-order valence-corrected chi connectivity index (χ2v) is 11.4. The first-order chi connectivity index (χ1) is 22.7. The molecule has 0 aromatic heterocycles. The molecule has 0 amide bonds. The summed E-state index contributed by atoms with van der Waals surface area (Å²) in [5.41, 5.74) is 4.00. The molecule has 0 saturated heterocycles. The number of hydrogen-bond acceptors (Lipinski definition) is 7. The summed E-state index contributed by atoms with van der Waals surface area (Å²) in [6, 6.07) is 39.8. The van der Waals surface area contributed by atoms with Crippen molar-refractivity contribution in [3.8, 4) is 0 Å². The van der Waals surface area contributed by atoms with Crippen LogP contribution in [0, 0.1) is 0 Å². The highest BCUT2D eigenvalue weighted by molar-refractivity contribution is 5.69. The quantitative estimate of drug-likeness (QED) is 0.124. The van der Waals surface area contributed by atoms with Crippen molar-refractivity contribution < 1.29 is 33.2 Å². The van der Waals surface area contributed by atoms with E-state index >= 15 is 0 Å². The molecule has 1 aliphatic carbocycles. The van der Waals surface area contributed by atoms with Crippen LogP contribution in [0.3, 0.4) is 0 Å². The molecule has 1 fully saturated rings. The van der Waals surface area contributed by atoms with Crippen LogP contribution in [0.4, 0.5) is 0 Å². The smallest absolute Gasteiger partial charge is 0.306 e. The molecule has 46 heavy (non-hydrogen) atoms. The van der Waals surface area contributed by atoms with Crippen LogP contribution in [-0.2, 0) is 59.6 Å². The van der Waals surface area contributed by atoms with E-state index in [0.717, 1.165) is 22.3 Å². The minimum absolute atomic E-state index is 0.275. The number of carbonyl (C=O) groups is 1. The van der Waals surface area contributed by atoms with Crippen LogP contribution in [-0.4, -0.2) is 49.7 Å². The molecule has 7 nitrogen and oxygen atoms in total. The van der Waals surface area contributed by atoms with Gasteiger partial charge in [-0.1, -0.05) is 128 Å². The van der Waals surface area contributed by atoms with Crippen molar-refractivity contribution in [2.45, 2.75) is 82.8 Å². The van der Waals surface area contributed by atoms with Gasteiger partial charge in [-0.2, -0.15) is 0 Å². The lowest BCUT2D eigenvalue weighted by Gasteiger charge is -2.49. The second-order valence-electron chi connectivity index (χ2n) is 11.4. The first kappa shape index (κ1) is 33.5. The van der Waals surface area contributed by atoms with Crippen molar-refractivity contribution >= 4 is 5.97 Å². The van der Waals surface area contributed by atoms with Crippen LogP contribution in [0.1, 0.15) is 42.0 Å². The Balaban J connectivity index is 1.53. The maximum absolute atomic E-state index is 13.1. The third kappa shape index (κ3) is 9.34. The lowest BCUT2D eigenvalue weighted by Crippen LogP contribution is -2.67. The van der Waals surface area contributed by atoms with E-state index < -0.39 is 36.6 Å². The van der Waals surface area contributed by atoms with Crippen molar-refractivity contribution in [3.05, 3.63) is 144 Å². The number of carbonyl (C=O) groups excluding carboxylic acids is 1. The topological polar surface area (TPSA) is 72.5 Å². The van der Waals surface area contributed by atoms with Gasteiger partial charge in [0.2, 0.25) is 0 Å². The fraction of sp³-hybridized carbons (Fsp3) is 0.359. The number of benzene rings is 4. The fourth-order valence-electron chi connectivity index (χ4n) is 5.76. The maximum Gasteiger partial charge on any atom is 0.306 e. The van der Waals surface area contributed by atoms with Gasteiger partial charge in [0.15, 0.2) is 6.10 Å². The van der Waals surface area contributed by atoms with Gasteiger partial charge in [0, 0.05) is 13.5 Å². The van der Waals surface area contributed by atoms with E-state index in [1.54, 1.807) is 7.11 Å². The first-order valence-corrected chi connectivity index (χ1v) is 16.0. The zero-order valence-corrected chi connectivity index (χ0v) is 26.6. The second kappa shape index (κ2) is 17.7. The van der Waals surface area contributed by atoms with Gasteiger partial charge in [-0.15, -0.1) is 0 Å². The molecule has 5 rings (SSSR count). The van der Waals surface area contributed by atoms with E-state index in [1.807, 2.05) is 128 Å². The van der Waals surface area contributed by atoms with Gasteiger partial charge < -0.3 is 28.4 Å². The summed E-state index contributed by atoms with van der Waals surface area (Å²) in [5, 5.41) is 0. The Labute approximate surface area is 272 Å². The lowest BCUT2D eigenvalue weighted by atomic mass is 9.83. The van der Waals surface area contributed by atoms with Crippen LogP contribution < -0.4 is 0 Å². The number of methoxy groups -OCH3 is 1. The molecule has 4 aromatic rings. The van der Waals surface area contributed by atoms with Gasteiger partial charge in [0.25, 0.3) is 0 Å². The van der Waals surface area contributed by atoms with Crippen molar-refractivity contribution in [1.82, 2.24) is 0 Å². The van der Waals surface area contributed by atoms with Crippen LogP contribution in [0.15, 0.2) is 121 Å². The van der Waals surface area contributed by atoms with Gasteiger partial charge in [0.05, 0.1) is 26.4 Å². The van der Waals surface area contributed by atoms with Crippen LogP contribution in [0.2, 0.25) is 0 Å². The Morgan fingerprint density at radius 3 is 1.09 bits per heavy atom. The maximum atomic E-state index is 13.1. The molecule has 6 atom stereocenters. The Kier molecular flexibility index (Phi) is 12.9. The third-order valence-electron chi connectivity index (χ3n) is 8.08. The van der Waals surface area contributed by atoms with Crippen molar-refractivity contribution in [1.29, 1.82) is 0 Å². The minimum Gasteiger partial charge on any atom is -0.457 e. The summed E-state index contributed by atoms with van der Waals surface area (Å²) < 4.78 is 39.2. The molecule has 0 aliphatic heterocycles. The third-order valence-corrected chi connectivity index (χ3v) is 8.08.